The molecule has 2 heterocycles. The van der Waals surface area contributed by atoms with E-state index in [-0.39, 0.29) is 11.8 Å². The third kappa shape index (κ3) is 2.65. The zero-order valence-electron chi connectivity index (χ0n) is 12.5. The van der Waals surface area contributed by atoms with Crippen molar-refractivity contribution in [3.8, 4) is 0 Å². The smallest absolute Gasteiger partial charge is 0.261 e. The van der Waals surface area contributed by atoms with Crippen LogP contribution in [0, 0.1) is 0 Å². The molecule has 1 saturated heterocycles. The van der Waals surface area contributed by atoms with E-state index in [0.29, 0.717) is 23.2 Å². The highest BCUT2D eigenvalue weighted by molar-refractivity contribution is 6.21. The van der Waals surface area contributed by atoms with Crippen LogP contribution >= 0.6 is 0 Å². The number of carbonyl (C=O) groups is 2. The average Bonchev–Trinajstić information content (AvgIpc) is 3.03. The fourth-order valence-electron chi connectivity index (χ4n) is 3.18. The van der Waals surface area contributed by atoms with Crippen molar-refractivity contribution in [1.82, 2.24) is 10.2 Å². The van der Waals surface area contributed by atoms with Gasteiger partial charge in [-0.2, -0.15) is 0 Å². The molecule has 112 valence electrons. The molecule has 1 aromatic rings. The Bertz CT molecular complexity index is 579. The lowest BCUT2D eigenvalue weighted by molar-refractivity contribution is 0.0693. The maximum atomic E-state index is 12.0. The maximum Gasteiger partial charge on any atom is 0.261 e. The van der Waals surface area contributed by atoms with Crippen LogP contribution in [0.4, 0.5) is 5.69 Å². The normalized spacial score (nSPS) is 22.6. The van der Waals surface area contributed by atoms with Gasteiger partial charge in [-0.05, 0) is 50.9 Å². The number of carbonyl (C=O) groups excluding carboxylic acids is 2. The molecular weight excluding hydrogens is 266 g/mol. The van der Waals surface area contributed by atoms with Gasteiger partial charge in [0.1, 0.15) is 0 Å². The van der Waals surface area contributed by atoms with Crippen molar-refractivity contribution in [1.29, 1.82) is 0 Å². The van der Waals surface area contributed by atoms with Gasteiger partial charge in [0, 0.05) is 24.8 Å². The number of hydrogen-bond donors (Lipinski definition) is 2. The van der Waals surface area contributed by atoms with Gasteiger partial charge in [-0.3, -0.25) is 14.5 Å². The first kappa shape index (κ1) is 14.1. The average molecular weight is 287 g/mol. The molecule has 2 unspecified atom stereocenters. The van der Waals surface area contributed by atoms with Gasteiger partial charge in [0.2, 0.25) is 0 Å². The van der Waals surface area contributed by atoms with Gasteiger partial charge in [0.15, 0.2) is 0 Å². The molecule has 2 N–H and O–H groups in total. The Morgan fingerprint density at radius 3 is 2.81 bits per heavy atom. The lowest BCUT2D eigenvalue weighted by atomic mass is 10.1. The summed E-state index contributed by atoms with van der Waals surface area (Å²) in [5.41, 5.74) is 1.90. The van der Waals surface area contributed by atoms with E-state index < -0.39 is 0 Å². The highest BCUT2D eigenvalue weighted by Gasteiger charge is 2.32. The first-order chi connectivity index (χ1) is 10.1. The van der Waals surface area contributed by atoms with Crippen LogP contribution in [0.2, 0.25) is 0 Å². The first-order valence-corrected chi connectivity index (χ1v) is 7.52. The molecule has 0 aromatic heterocycles. The van der Waals surface area contributed by atoms with Crippen molar-refractivity contribution in [3.63, 3.8) is 0 Å². The van der Waals surface area contributed by atoms with Gasteiger partial charge in [-0.25, -0.2) is 0 Å². The Morgan fingerprint density at radius 1 is 1.33 bits per heavy atom. The van der Waals surface area contributed by atoms with Crippen molar-refractivity contribution < 1.29 is 9.59 Å². The monoisotopic (exact) mass is 287 g/mol. The minimum Gasteiger partial charge on any atom is -0.383 e. The first-order valence-electron chi connectivity index (χ1n) is 7.52. The summed E-state index contributed by atoms with van der Waals surface area (Å²) in [5.74, 6) is -0.437. The second-order valence-corrected chi connectivity index (χ2v) is 6.00. The van der Waals surface area contributed by atoms with Gasteiger partial charge in [0.05, 0.1) is 11.1 Å². The molecule has 0 bridgehead atoms. The number of fused-ring (bicyclic) bond motifs is 1. The number of imide groups is 1. The van der Waals surface area contributed by atoms with E-state index in [0.717, 1.165) is 18.7 Å². The van der Waals surface area contributed by atoms with E-state index >= 15 is 0 Å². The summed E-state index contributed by atoms with van der Waals surface area (Å²) in [6.07, 6.45) is 3.54. The molecule has 1 fully saturated rings. The van der Waals surface area contributed by atoms with Crippen molar-refractivity contribution in [2.24, 2.45) is 0 Å². The number of nitrogens with one attached hydrogen (secondary N) is 2. The van der Waals surface area contributed by atoms with Gasteiger partial charge in [-0.1, -0.05) is 0 Å². The number of hydrogen-bond acceptors (Lipinski definition) is 4. The van der Waals surface area contributed by atoms with Crippen LogP contribution in [0.15, 0.2) is 18.2 Å². The molecule has 5 heteroatoms. The minimum absolute atomic E-state index is 0.218. The Morgan fingerprint density at radius 2 is 2.10 bits per heavy atom. The van der Waals surface area contributed by atoms with Crippen molar-refractivity contribution >= 4 is 17.5 Å². The van der Waals surface area contributed by atoms with Gasteiger partial charge >= 0.3 is 0 Å². The zero-order valence-corrected chi connectivity index (χ0v) is 12.5. The standard InChI is InChI=1S/C16H21N3O2/c1-10(8-11-4-3-7-17-11)18-12-5-6-13-14(9-12)16(21)19(2)15(13)20/h5-6,9-11,17-18H,3-4,7-8H2,1-2H3. The van der Waals surface area contributed by atoms with E-state index in [9.17, 15) is 9.59 Å². The van der Waals surface area contributed by atoms with Crippen LogP contribution in [0.3, 0.4) is 0 Å². The third-order valence-electron chi connectivity index (χ3n) is 4.30. The SMILES string of the molecule is CC(CC1CCCN1)Nc1ccc2c(c1)C(=O)N(C)C2=O. The number of benzene rings is 1. The van der Waals surface area contributed by atoms with Crippen LogP contribution < -0.4 is 10.6 Å². The Kier molecular flexibility index (Phi) is 3.68. The summed E-state index contributed by atoms with van der Waals surface area (Å²) in [7, 11) is 1.52. The highest BCUT2D eigenvalue weighted by atomic mass is 16.2. The lowest BCUT2D eigenvalue weighted by Crippen LogP contribution is -2.29. The summed E-state index contributed by atoms with van der Waals surface area (Å²) in [4.78, 5) is 25.0. The van der Waals surface area contributed by atoms with E-state index in [2.05, 4.69) is 17.6 Å². The fourth-order valence-corrected chi connectivity index (χ4v) is 3.18. The topological polar surface area (TPSA) is 61.4 Å². The summed E-state index contributed by atoms with van der Waals surface area (Å²) >= 11 is 0. The summed E-state index contributed by atoms with van der Waals surface area (Å²) in [6, 6.07) is 6.31. The Hall–Kier alpha value is -1.88. The molecule has 2 aliphatic rings. The van der Waals surface area contributed by atoms with Crippen molar-refractivity contribution in [3.05, 3.63) is 29.3 Å². The van der Waals surface area contributed by atoms with Crippen molar-refractivity contribution in [2.45, 2.75) is 38.3 Å². The molecule has 0 radical (unpaired) electrons. The largest absolute Gasteiger partial charge is 0.383 e. The van der Waals surface area contributed by atoms with Crippen LogP contribution in [0.25, 0.3) is 0 Å². The van der Waals surface area contributed by atoms with Crippen LogP contribution in [0.1, 0.15) is 46.9 Å². The quantitative estimate of drug-likeness (QED) is 0.830. The summed E-state index contributed by atoms with van der Waals surface area (Å²) in [5, 5.41) is 6.91. The van der Waals surface area contributed by atoms with E-state index in [1.807, 2.05) is 6.07 Å². The molecule has 0 aliphatic carbocycles. The minimum atomic E-state index is -0.219. The summed E-state index contributed by atoms with van der Waals surface area (Å²) < 4.78 is 0. The van der Waals surface area contributed by atoms with Gasteiger partial charge in [0.25, 0.3) is 11.8 Å². The van der Waals surface area contributed by atoms with Gasteiger partial charge < -0.3 is 10.6 Å². The van der Waals surface area contributed by atoms with E-state index in [1.54, 1.807) is 12.1 Å². The zero-order chi connectivity index (χ0) is 15.0. The summed E-state index contributed by atoms with van der Waals surface area (Å²) in [6.45, 7) is 3.26. The predicted molar refractivity (Wildman–Crippen MR) is 81.6 cm³/mol. The van der Waals surface area contributed by atoms with Crippen LogP contribution in [-0.4, -0.2) is 42.4 Å². The molecule has 5 nitrogen and oxygen atoms in total. The highest BCUT2D eigenvalue weighted by Crippen LogP contribution is 2.25. The molecule has 0 saturated carbocycles. The van der Waals surface area contributed by atoms with Crippen molar-refractivity contribution in [2.75, 3.05) is 18.9 Å². The van der Waals surface area contributed by atoms with Crippen LogP contribution in [-0.2, 0) is 0 Å². The number of rotatable bonds is 4. The number of nitrogens with zero attached hydrogens (tertiary/aromatic N) is 1. The molecule has 2 amide bonds. The molecular formula is C16H21N3O2. The predicted octanol–water partition coefficient (Wildman–Crippen LogP) is 1.85. The molecule has 1 aromatic carbocycles. The fraction of sp³-hybridized carbons (Fsp3) is 0.500. The lowest BCUT2D eigenvalue weighted by Gasteiger charge is -2.19. The molecule has 3 rings (SSSR count). The Balaban J connectivity index is 1.70. The van der Waals surface area contributed by atoms with E-state index in [4.69, 9.17) is 0 Å². The van der Waals surface area contributed by atoms with Crippen LogP contribution in [0.5, 0.6) is 0 Å². The van der Waals surface area contributed by atoms with Gasteiger partial charge in [-0.15, -0.1) is 0 Å². The molecule has 0 spiro atoms. The molecule has 21 heavy (non-hydrogen) atoms. The third-order valence-corrected chi connectivity index (χ3v) is 4.30. The second-order valence-electron chi connectivity index (χ2n) is 6.00. The molecule has 2 aliphatic heterocycles. The second kappa shape index (κ2) is 5.48. The molecule has 2 atom stereocenters. The maximum absolute atomic E-state index is 12.0. The Labute approximate surface area is 124 Å². The number of amides is 2. The number of anilines is 1. The van der Waals surface area contributed by atoms with E-state index in [1.165, 1.54) is 24.8 Å².